The molecule has 0 aliphatic heterocycles. The number of nitrogens with one attached hydrogen (secondary N) is 1. The smallest absolute Gasteiger partial charge is 0.326 e. The first-order chi connectivity index (χ1) is 16.8. The molecule has 0 spiro atoms. The summed E-state index contributed by atoms with van der Waals surface area (Å²) in [6.07, 6.45) is 8.15. The van der Waals surface area contributed by atoms with Gasteiger partial charge in [-0.3, -0.25) is 4.79 Å². The van der Waals surface area contributed by atoms with Crippen molar-refractivity contribution in [2.75, 3.05) is 12.3 Å². The molecule has 35 heavy (non-hydrogen) atoms. The van der Waals surface area contributed by atoms with Gasteiger partial charge in [-0.1, -0.05) is 48.9 Å². The topological polar surface area (TPSA) is 122 Å². The standard InChI is InChI=1S/C28H34N2O5/c1-19-17-21(11-15-25(19)31)9-5-6-16-35-26-18-22(12-13-23(26)29)27(32)30-24(28(33)34)14-10-20-7-3-2-4-8-20/h2-4,7-8,11-13,15,18-19,24,31H,5-6,9-10,14,16-17,29H2,1H3,(H,30,32)(H,33,34)/t19?,24-/m0/s1. The van der Waals surface area contributed by atoms with Crippen LogP contribution in [0.15, 0.2) is 72.0 Å². The number of hydrogen-bond donors (Lipinski definition) is 4. The SMILES string of the molecule is CC1CC(CCCCOc2cc(C(=O)N[C@@H](CCc3ccccc3)C(=O)O)ccc2N)=CC=C1O. The van der Waals surface area contributed by atoms with E-state index < -0.39 is 17.9 Å². The number of aryl methyl sites for hydroxylation is 1. The normalized spacial score (nSPS) is 16.1. The van der Waals surface area contributed by atoms with Crippen LogP contribution >= 0.6 is 0 Å². The number of ether oxygens (including phenoxy) is 1. The van der Waals surface area contributed by atoms with Crippen LogP contribution in [-0.2, 0) is 11.2 Å². The third-order valence-electron chi connectivity index (χ3n) is 6.16. The van der Waals surface area contributed by atoms with E-state index in [0.717, 1.165) is 31.2 Å². The third kappa shape index (κ3) is 7.91. The molecule has 0 aromatic heterocycles. The molecular formula is C28H34N2O5. The Hall–Kier alpha value is -3.74. The van der Waals surface area contributed by atoms with E-state index in [2.05, 4.69) is 5.32 Å². The van der Waals surface area contributed by atoms with E-state index in [-0.39, 0.29) is 12.3 Å². The summed E-state index contributed by atoms with van der Waals surface area (Å²) in [4.78, 5) is 24.4. The number of unbranched alkanes of at least 4 members (excludes halogenated alkanes) is 1. The number of carbonyl (C=O) groups excluding carboxylic acids is 1. The van der Waals surface area contributed by atoms with Crippen molar-refractivity contribution in [1.82, 2.24) is 5.32 Å². The number of aliphatic hydroxyl groups excluding tert-OH is 1. The van der Waals surface area contributed by atoms with E-state index in [1.54, 1.807) is 24.3 Å². The molecule has 186 valence electrons. The van der Waals surface area contributed by atoms with Gasteiger partial charge in [0, 0.05) is 11.5 Å². The number of hydrogen-bond acceptors (Lipinski definition) is 5. The second-order valence-corrected chi connectivity index (χ2v) is 8.97. The van der Waals surface area contributed by atoms with Gasteiger partial charge in [0.05, 0.1) is 18.1 Å². The molecule has 1 aliphatic carbocycles. The predicted octanol–water partition coefficient (Wildman–Crippen LogP) is 5.04. The monoisotopic (exact) mass is 478 g/mol. The van der Waals surface area contributed by atoms with Crippen LogP contribution < -0.4 is 15.8 Å². The van der Waals surface area contributed by atoms with Crippen LogP contribution in [-0.4, -0.2) is 34.7 Å². The maximum Gasteiger partial charge on any atom is 0.326 e. The van der Waals surface area contributed by atoms with Crippen molar-refractivity contribution in [3.63, 3.8) is 0 Å². The molecule has 3 rings (SSSR count). The molecule has 1 amide bonds. The molecule has 0 radical (unpaired) electrons. The largest absolute Gasteiger partial charge is 0.512 e. The highest BCUT2D eigenvalue weighted by Crippen LogP contribution is 2.27. The summed E-state index contributed by atoms with van der Waals surface area (Å²) in [5.41, 5.74) is 9.07. The van der Waals surface area contributed by atoms with Gasteiger partial charge in [-0.15, -0.1) is 0 Å². The predicted molar refractivity (Wildman–Crippen MR) is 136 cm³/mol. The minimum atomic E-state index is -1.07. The molecule has 2 aromatic rings. The highest BCUT2D eigenvalue weighted by Gasteiger charge is 2.21. The van der Waals surface area contributed by atoms with Crippen LogP contribution in [0.5, 0.6) is 5.75 Å². The lowest BCUT2D eigenvalue weighted by Crippen LogP contribution is -2.41. The van der Waals surface area contributed by atoms with Crippen molar-refractivity contribution in [2.45, 2.75) is 51.5 Å². The Morgan fingerprint density at radius 3 is 2.60 bits per heavy atom. The van der Waals surface area contributed by atoms with Crippen molar-refractivity contribution in [3.8, 4) is 5.75 Å². The second kappa shape index (κ2) is 12.6. The maximum absolute atomic E-state index is 12.7. The van der Waals surface area contributed by atoms with Gasteiger partial charge in [-0.25, -0.2) is 4.79 Å². The summed E-state index contributed by atoms with van der Waals surface area (Å²) in [5, 5.41) is 21.9. The summed E-state index contributed by atoms with van der Waals surface area (Å²) in [5.74, 6) is -0.548. The average molecular weight is 479 g/mol. The Balaban J connectivity index is 1.49. The van der Waals surface area contributed by atoms with Crippen molar-refractivity contribution < 1.29 is 24.5 Å². The fourth-order valence-corrected chi connectivity index (χ4v) is 4.01. The number of allylic oxidation sites excluding steroid dienone is 4. The number of carbonyl (C=O) groups is 2. The first-order valence-corrected chi connectivity index (χ1v) is 12.0. The first kappa shape index (κ1) is 25.9. The Morgan fingerprint density at radius 1 is 1.11 bits per heavy atom. The second-order valence-electron chi connectivity index (χ2n) is 8.97. The molecule has 0 saturated carbocycles. The number of nitrogens with two attached hydrogens (primary N) is 1. The van der Waals surface area contributed by atoms with Crippen LogP contribution in [0.3, 0.4) is 0 Å². The van der Waals surface area contributed by atoms with Crippen molar-refractivity contribution in [1.29, 1.82) is 0 Å². The van der Waals surface area contributed by atoms with Crippen molar-refractivity contribution >= 4 is 17.6 Å². The zero-order chi connectivity index (χ0) is 25.2. The minimum absolute atomic E-state index is 0.166. The first-order valence-electron chi connectivity index (χ1n) is 12.0. The lowest BCUT2D eigenvalue weighted by atomic mass is 9.91. The average Bonchev–Trinajstić information content (AvgIpc) is 2.85. The third-order valence-corrected chi connectivity index (χ3v) is 6.16. The molecule has 0 heterocycles. The number of carboxylic acid groups (broad SMARTS) is 1. The highest BCUT2D eigenvalue weighted by atomic mass is 16.5. The molecule has 0 fully saturated rings. The van der Waals surface area contributed by atoms with Crippen molar-refractivity contribution in [2.24, 2.45) is 5.92 Å². The Labute approximate surface area is 206 Å². The van der Waals surface area contributed by atoms with Gasteiger partial charge in [0.1, 0.15) is 11.8 Å². The van der Waals surface area contributed by atoms with Gasteiger partial charge in [0.2, 0.25) is 0 Å². The van der Waals surface area contributed by atoms with Gasteiger partial charge < -0.3 is 26.0 Å². The van der Waals surface area contributed by atoms with Gasteiger partial charge in [-0.2, -0.15) is 0 Å². The van der Waals surface area contributed by atoms with E-state index >= 15 is 0 Å². The van der Waals surface area contributed by atoms with Crippen LogP contribution in [0.2, 0.25) is 0 Å². The van der Waals surface area contributed by atoms with Crippen molar-refractivity contribution in [3.05, 3.63) is 83.1 Å². The number of anilines is 1. The minimum Gasteiger partial charge on any atom is -0.512 e. The number of nitrogen functional groups attached to an aromatic ring is 1. The number of benzene rings is 2. The maximum atomic E-state index is 12.7. The number of aliphatic hydroxyl groups is 1. The summed E-state index contributed by atoms with van der Waals surface area (Å²) < 4.78 is 5.82. The fourth-order valence-electron chi connectivity index (χ4n) is 4.01. The number of carboxylic acids is 1. The Kier molecular flexibility index (Phi) is 9.35. The van der Waals surface area contributed by atoms with E-state index in [1.807, 2.05) is 43.3 Å². The number of rotatable bonds is 12. The molecule has 1 aliphatic rings. The van der Waals surface area contributed by atoms with E-state index in [4.69, 9.17) is 10.5 Å². The highest BCUT2D eigenvalue weighted by molar-refractivity contribution is 5.97. The zero-order valence-corrected chi connectivity index (χ0v) is 20.1. The molecule has 0 saturated heterocycles. The summed E-state index contributed by atoms with van der Waals surface area (Å²) in [6, 6.07) is 13.3. The van der Waals surface area contributed by atoms with Crippen LogP contribution in [0, 0.1) is 5.92 Å². The van der Waals surface area contributed by atoms with E-state index in [1.165, 1.54) is 5.57 Å². The zero-order valence-electron chi connectivity index (χ0n) is 20.1. The van der Waals surface area contributed by atoms with E-state index in [9.17, 15) is 19.8 Å². The van der Waals surface area contributed by atoms with Crippen LogP contribution in [0.1, 0.15) is 54.9 Å². The lowest BCUT2D eigenvalue weighted by molar-refractivity contribution is -0.139. The summed E-state index contributed by atoms with van der Waals surface area (Å²) in [7, 11) is 0. The van der Waals surface area contributed by atoms with Crippen LogP contribution in [0.25, 0.3) is 0 Å². The van der Waals surface area contributed by atoms with Gasteiger partial charge in [0.15, 0.2) is 0 Å². The molecule has 2 atom stereocenters. The molecule has 7 heteroatoms. The molecule has 2 aromatic carbocycles. The number of aliphatic carboxylic acids is 1. The van der Waals surface area contributed by atoms with Gasteiger partial charge in [-0.05, 0) is 68.4 Å². The molecule has 7 nitrogen and oxygen atoms in total. The molecule has 5 N–H and O–H groups in total. The summed E-state index contributed by atoms with van der Waals surface area (Å²) >= 11 is 0. The molecular weight excluding hydrogens is 444 g/mol. The lowest BCUT2D eigenvalue weighted by Gasteiger charge is -2.18. The quantitative estimate of drug-likeness (QED) is 0.250. The molecule has 1 unspecified atom stereocenters. The summed E-state index contributed by atoms with van der Waals surface area (Å²) in [6.45, 7) is 2.46. The fraction of sp³-hybridized carbons (Fsp3) is 0.357. The van der Waals surface area contributed by atoms with E-state index in [0.29, 0.717) is 35.8 Å². The Bertz CT molecular complexity index is 1080. The Morgan fingerprint density at radius 2 is 1.89 bits per heavy atom. The van der Waals surface area contributed by atoms with Crippen LogP contribution in [0.4, 0.5) is 5.69 Å². The van der Waals surface area contributed by atoms with Gasteiger partial charge >= 0.3 is 5.97 Å². The molecule has 0 bridgehead atoms. The van der Waals surface area contributed by atoms with Gasteiger partial charge in [0.25, 0.3) is 5.91 Å². The number of amides is 1.